The van der Waals surface area contributed by atoms with Gasteiger partial charge in [0.15, 0.2) is 0 Å². The van der Waals surface area contributed by atoms with Gasteiger partial charge in [0, 0.05) is 13.1 Å². The van der Waals surface area contributed by atoms with Gasteiger partial charge in [0.05, 0.1) is 10.5 Å². The van der Waals surface area contributed by atoms with Gasteiger partial charge in [-0.1, -0.05) is 37.6 Å². The molecule has 0 spiro atoms. The van der Waals surface area contributed by atoms with Crippen LogP contribution in [0, 0.1) is 13.8 Å². The first-order valence-electron chi connectivity index (χ1n) is 9.27. The van der Waals surface area contributed by atoms with Crippen molar-refractivity contribution in [2.45, 2.75) is 32.6 Å². The van der Waals surface area contributed by atoms with Gasteiger partial charge < -0.3 is 9.47 Å². The molecule has 0 heterocycles. The molecule has 0 saturated carbocycles. The summed E-state index contributed by atoms with van der Waals surface area (Å²) in [6.45, 7) is 8.27. The molecule has 0 aliphatic carbocycles. The molecule has 28 heavy (non-hydrogen) atoms. The highest BCUT2D eigenvalue weighted by Gasteiger charge is 2.25. The number of hydrogen-bond acceptors (Lipinski definition) is 5. The van der Waals surface area contributed by atoms with Crippen LogP contribution in [0.3, 0.4) is 0 Å². The van der Waals surface area contributed by atoms with Gasteiger partial charge in [0.2, 0.25) is 10.0 Å². The molecule has 0 radical (unpaired) electrons. The molecule has 0 fully saturated rings. The average Bonchev–Trinajstić information content (AvgIpc) is 2.67. The standard InChI is InChI=1S/C21H27NO5S/c1-5-22(6-2)28(24,25)20-15-18(10-9-17(20)4)21(23)27-14-13-26-19-11-7-16(3)8-12-19/h7-12,15H,5-6,13-14H2,1-4H3. The van der Waals surface area contributed by atoms with E-state index in [4.69, 9.17) is 9.47 Å². The topological polar surface area (TPSA) is 72.9 Å². The number of hydrogen-bond donors (Lipinski definition) is 0. The zero-order valence-corrected chi connectivity index (χ0v) is 17.6. The van der Waals surface area contributed by atoms with Crippen LogP contribution in [0.25, 0.3) is 0 Å². The smallest absolute Gasteiger partial charge is 0.338 e. The summed E-state index contributed by atoms with van der Waals surface area (Å²) in [6, 6.07) is 12.1. The van der Waals surface area contributed by atoms with Gasteiger partial charge in [0.1, 0.15) is 19.0 Å². The van der Waals surface area contributed by atoms with Crippen LogP contribution < -0.4 is 4.74 Å². The number of carbonyl (C=O) groups excluding carboxylic acids is 1. The lowest BCUT2D eigenvalue weighted by Gasteiger charge is -2.20. The number of nitrogens with zero attached hydrogens (tertiary/aromatic N) is 1. The maximum absolute atomic E-state index is 12.8. The molecule has 0 atom stereocenters. The van der Waals surface area contributed by atoms with Crippen molar-refractivity contribution < 1.29 is 22.7 Å². The van der Waals surface area contributed by atoms with Crippen molar-refractivity contribution in [2.75, 3.05) is 26.3 Å². The number of carbonyl (C=O) groups is 1. The van der Waals surface area contributed by atoms with Gasteiger partial charge in [-0.3, -0.25) is 0 Å². The Balaban J connectivity index is 2.02. The van der Waals surface area contributed by atoms with E-state index in [1.165, 1.54) is 10.4 Å². The van der Waals surface area contributed by atoms with E-state index in [-0.39, 0.29) is 23.7 Å². The molecule has 2 aromatic carbocycles. The monoisotopic (exact) mass is 405 g/mol. The van der Waals surface area contributed by atoms with Crippen LogP contribution in [-0.2, 0) is 14.8 Å². The Labute approximate surface area is 167 Å². The van der Waals surface area contributed by atoms with E-state index >= 15 is 0 Å². The van der Waals surface area contributed by atoms with Crippen LogP contribution in [0.4, 0.5) is 0 Å². The average molecular weight is 406 g/mol. The van der Waals surface area contributed by atoms with Gasteiger partial charge in [-0.15, -0.1) is 0 Å². The summed E-state index contributed by atoms with van der Waals surface area (Å²) < 4.78 is 37.7. The van der Waals surface area contributed by atoms with Crippen molar-refractivity contribution in [2.24, 2.45) is 0 Å². The van der Waals surface area contributed by atoms with Crippen molar-refractivity contribution in [3.63, 3.8) is 0 Å². The second-order valence-electron chi connectivity index (χ2n) is 6.37. The van der Waals surface area contributed by atoms with Gasteiger partial charge in [0.25, 0.3) is 0 Å². The van der Waals surface area contributed by atoms with E-state index in [1.54, 1.807) is 32.9 Å². The Hall–Kier alpha value is -2.38. The highest BCUT2D eigenvalue weighted by molar-refractivity contribution is 7.89. The maximum Gasteiger partial charge on any atom is 0.338 e. The van der Waals surface area contributed by atoms with Crippen LogP contribution in [0.1, 0.15) is 35.3 Å². The molecule has 0 amide bonds. The summed E-state index contributed by atoms with van der Waals surface area (Å²) in [5, 5.41) is 0. The predicted molar refractivity (Wildman–Crippen MR) is 108 cm³/mol. The third-order valence-corrected chi connectivity index (χ3v) is 6.55. The van der Waals surface area contributed by atoms with Crippen LogP contribution >= 0.6 is 0 Å². The lowest BCUT2D eigenvalue weighted by molar-refractivity contribution is 0.0450. The minimum atomic E-state index is -3.65. The fourth-order valence-corrected chi connectivity index (χ4v) is 4.43. The quantitative estimate of drug-likeness (QED) is 0.471. The number of sulfonamides is 1. The molecule has 0 bridgehead atoms. The zero-order chi connectivity index (χ0) is 20.7. The molecular weight excluding hydrogens is 378 g/mol. The van der Waals surface area contributed by atoms with Crippen molar-refractivity contribution >= 4 is 16.0 Å². The molecule has 0 N–H and O–H groups in total. The Kier molecular flexibility index (Phi) is 7.60. The van der Waals surface area contributed by atoms with Crippen molar-refractivity contribution in [1.29, 1.82) is 0 Å². The normalized spacial score (nSPS) is 11.5. The van der Waals surface area contributed by atoms with Crippen molar-refractivity contribution in [3.05, 3.63) is 59.2 Å². The van der Waals surface area contributed by atoms with E-state index in [9.17, 15) is 13.2 Å². The molecular formula is C21H27NO5S. The third kappa shape index (κ3) is 5.33. The molecule has 152 valence electrons. The first kappa shape index (κ1) is 21.9. The molecule has 0 aliphatic heterocycles. The fraction of sp³-hybridized carbons (Fsp3) is 0.381. The number of aryl methyl sites for hydroxylation is 2. The highest BCUT2D eigenvalue weighted by Crippen LogP contribution is 2.22. The van der Waals surface area contributed by atoms with Gasteiger partial charge in [-0.25, -0.2) is 13.2 Å². The van der Waals surface area contributed by atoms with Crippen LogP contribution in [-0.4, -0.2) is 45.0 Å². The summed E-state index contributed by atoms with van der Waals surface area (Å²) in [5.74, 6) is 0.119. The number of esters is 1. The fourth-order valence-electron chi connectivity index (χ4n) is 2.72. The Bertz CT molecular complexity index is 903. The first-order valence-corrected chi connectivity index (χ1v) is 10.7. The van der Waals surface area contributed by atoms with E-state index in [0.717, 1.165) is 5.56 Å². The van der Waals surface area contributed by atoms with Gasteiger partial charge in [-0.2, -0.15) is 4.31 Å². The third-order valence-electron chi connectivity index (χ3n) is 4.35. The summed E-state index contributed by atoms with van der Waals surface area (Å²) in [7, 11) is -3.65. The van der Waals surface area contributed by atoms with E-state index in [2.05, 4.69) is 0 Å². The van der Waals surface area contributed by atoms with Crippen LogP contribution in [0.5, 0.6) is 5.75 Å². The number of rotatable bonds is 9. The zero-order valence-electron chi connectivity index (χ0n) is 16.8. The van der Waals surface area contributed by atoms with E-state index in [0.29, 0.717) is 24.4 Å². The molecule has 0 aromatic heterocycles. The Morgan fingerprint density at radius 1 is 0.964 bits per heavy atom. The van der Waals surface area contributed by atoms with Gasteiger partial charge >= 0.3 is 5.97 Å². The SMILES string of the molecule is CCN(CC)S(=O)(=O)c1cc(C(=O)OCCOc2ccc(C)cc2)ccc1C. The summed E-state index contributed by atoms with van der Waals surface area (Å²) >= 11 is 0. The van der Waals surface area contributed by atoms with Crippen LogP contribution in [0.15, 0.2) is 47.4 Å². The summed E-state index contributed by atoms with van der Waals surface area (Å²) in [6.07, 6.45) is 0. The Morgan fingerprint density at radius 2 is 1.61 bits per heavy atom. The first-order chi connectivity index (χ1) is 13.3. The molecule has 0 aliphatic rings. The second-order valence-corrected chi connectivity index (χ2v) is 8.27. The van der Waals surface area contributed by atoms with Crippen molar-refractivity contribution in [3.8, 4) is 5.75 Å². The minimum absolute atomic E-state index is 0.0682. The lowest BCUT2D eigenvalue weighted by atomic mass is 10.1. The number of ether oxygens (including phenoxy) is 2. The van der Waals surface area contributed by atoms with Gasteiger partial charge in [-0.05, 0) is 43.7 Å². The second kappa shape index (κ2) is 9.71. The summed E-state index contributed by atoms with van der Waals surface area (Å²) in [5.41, 5.74) is 1.92. The van der Waals surface area contributed by atoms with E-state index in [1.807, 2.05) is 31.2 Å². The predicted octanol–water partition coefficient (Wildman–Crippen LogP) is 3.57. The number of benzene rings is 2. The highest BCUT2D eigenvalue weighted by atomic mass is 32.2. The molecule has 0 unspecified atom stereocenters. The minimum Gasteiger partial charge on any atom is -0.490 e. The Morgan fingerprint density at radius 3 is 2.21 bits per heavy atom. The summed E-state index contributed by atoms with van der Waals surface area (Å²) in [4.78, 5) is 12.4. The molecule has 6 nitrogen and oxygen atoms in total. The lowest BCUT2D eigenvalue weighted by Crippen LogP contribution is -2.31. The molecule has 7 heteroatoms. The van der Waals surface area contributed by atoms with Crippen LogP contribution in [0.2, 0.25) is 0 Å². The maximum atomic E-state index is 12.8. The van der Waals surface area contributed by atoms with E-state index < -0.39 is 16.0 Å². The molecule has 2 aromatic rings. The molecule has 0 saturated heterocycles. The molecule has 2 rings (SSSR count). The largest absolute Gasteiger partial charge is 0.490 e. The van der Waals surface area contributed by atoms with Crippen molar-refractivity contribution in [1.82, 2.24) is 4.31 Å².